The zero-order valence-corrected chi connectivity index (χ0v) is 14.1. The summed E-state index contributed by atoms with van der Waals surface area (Å²) >= 11 is 0. The molecule has 2 bridgehead atoms. The summed E-state index contributed by atoms with van der Waals surface area (Å²) in [6, 6.07) is -0.569. The summed E-state index contributed by atoms with van der Waals surface area (Å²) in [7, 11) is 0. The Kier molecular flexibility index (Phi) is 3.38. The Labute approximate surface area is 142 Å². The van der Waals surface area contributed by atoms with Gasteiger partial charge in [0, 0.05) is 18.7 Å². The molecular formula is C15H19N5O5. The summed E-state index contributed by atoms with van der Waals surface area (Å²) in [5, 5.41) is 14.8. The van der Waals surface area contributed by atoms with Crippen molar-refractivity contribution in [2.75, 3.05) is 11.4 Å². The third-order valence-corrected chi connectivity index (χ3v) is 5.10. The number of rotatable bonds is 3. The minimum atomic E-state index is -0.840. The molecule has 2 aliphatic rings. The minimum Gasteiger partial charge on any atom is -0.388 e. The molecule has 0 unspecified atom stereocenters. The number of ether oxygens (including phenoxy) is 1. The van der Waals surface area contributed by atoms with Crippen LogP contribution in [0.2, 0.25) is 0 Å². The van der Waals surface area contributed by atoms with Crippen LogP contribution < -0.4 is 16.1 Å². The van der Waals surface area contributed by atoms with E-state index >= 15 is 0 Å². The summed E-state index contributed by atoms with van der Waals surface area (Å²) < 4.78 is 12.4. The van der Waals surface area contributed by atoms with Gasteiger partial charge in [0.15, 0.2) is 6.23 Å². The van der Waals surface area contributed by atoms with Gasteiger partial charge in [-0.2, -0.15) is 4.98 Å². The predicted octanol–water partition coefficient (Wildman–Crippen LogP) is -0.536. The van der Waals surface area contributed by atoms with Crippen LogP contribution in [0.25, 0.3) is 0 Å². The van der Waals surface area contributed by atoms with Crippen LogP contribution in [0.3, 0.4) is 0 Å². The maximum Gasteiger partial charge on any atom is 0.330 e. The van der Waals surface area contributed by atoms with Gasteiger partial charge < -0.3 is 19.3 Å². The van der Waals surface area contributed by atoms with Crippen molar-refractivity contribution in [1.29, 1.82) is 0 Å². The molecule has 4 heterocycles. The fourth-order valence-corrected chi connectivity index (χ4v) is 3.71. The van der Waals surface area contributed by atoms with E-state index in [4.69, 9.17) is 9.26 Å². The summed E-state index contributed by atoms with van der Waals surface area (Å²) in [4.78, 5) is 32.2. The third kappa shape index (κ3) is 2.17. The van der Waals surface area contributed by atoms with Gasteiger partial charge in [0.05, 0.1) is 6.54 Å². The Hall–Kier alpha value is -2.46. The Balaban J connectivity index is 1.81. The Morgan fingerprint density at radius 1 is 1.44 bits per heavy atom. The van der Waals surface area contributed by atoms with Crippen molar-refractivity contribution in [3.05, 3.63) is 38.5 Å². The van der Waals surface area contributed by atoms with Crippen LogP contribution in [0.15, 0.2) is 20.3 Å². The van der Waals surface area contributed by atoms with Crippen LogP contribution in [-0.2, 0) is 4.74 Å². The second-order valence-corrected chi connectivity index (χ2v) is 6.58. The van der Waals surface area contributed by atoms with Crippen molar-refractivity contribution >= 4 is 5.95 Å². The summed E-state index contributed by atoms with van der Waals surface area (Å²) in [5.74, 6) is 0.756. The number of nitrogens with zero attached hydrogens (tertiary/aromatic N) is 4. The Morgan fingerprint density at radius 2 is 2.20 bits per heavy atom. The highest BCUT2D eigenvalue weighted by atomic mass is 16.6. The lowest BCUT2D eigenvalue weighted by Crippen LogP contribution is -2.49. The number of aromatic amines is 1. The van der Waals surface area contributed by atoms with E-state index in [1.807, 2.05) is 6.92 Å². The zero-order valence-electron chi connectivity index (χ0n) is 14.1. The highest BCUT2D eigenvalue weighted by Crippen LogP contribution is 2.48. The lowest BCUT2D eigenvalue weighted by molar-refractivity contribution is -0.107. The van der Waals surface area contributed by atoms with Crippen molar-refractivity contribution in [1.82, 2.24) is 19.7 Å². The SMILES string of the molecule is CC[C@@]12CN(c3noc(C)n3)[C@@H]([C@H](n3cc(C)c(=O)[nH]c3=O)O1)[C@@H]2O. The number of aliphatic hydroxyl groups is 1. The highest BCUT2D eigenvalue weighted by molar-refractivity contribution is 5.39. The smallest absolute Gasteiger partial charge is 0.330 e. The molecule has 0 spiro atoms. The quantitative estimate of drug-likeness (QED) is 0.757. The van der Waals surface area contributed by atoms with Crippen LogP contribution in [-0.4, -0.2) is 49.1 Å². The minimum absolute atomic E-state index is 0.347. The molecule has 25 heavy (non-hydrogen) atoms. The Morgan fingerprint density at radius 3 is 2.80 bits per heavy atom. The number of hydrogen-bond acceptors (Lipinski definition) is 8. The van der Waals surface area contributed by atoms with Gasteiger partial charge in [0.25, 0.3) is 11.5 Å². The van der Waals surface area contributed by atoms with Crippen LogP contribution >= 0.6 is 0 Å². The normalized spacial score (nSPS) is 31.0. The van der Waals surface area contributed by atoms with E-state index in [0.717, 1.165) is 0 Å². The molecule has 2 aromatic heterocycles. The molecule has 4 rings (SSSR count). The van der Waals surface area contributed by atoms with Gasteiger partial charge >= 0.3 is 5.69 Å². The van der Waals surface area contributed by atoms with Crippen molar-refractivity contribution in [2.24, 2.45) is 0 Å². The van der Waals surface area contributed by atoms with Gasteiger partial charge in [-0.05, 0) is 18.5 Å². The lowest BCUT2D eigenvalue weighted by Gasteiger charge is -2.36. The maximum atomic E-state index is 12.3. The third-order valence-electron chi connectivity index (χ3n) is 5.10. The van der Waals surface area contributed by atoms with E-state index in [0.29, 0.717) is 30.4 Å². The van der Waals surface area contributed by atoms with Gasteiger partial charge in [-0.25, -0.2) is 4.79 Å². The fourth-order valence-electron chi connectivity index (χ4n) is 3.71. The van der Waals surface area contributed by atoms with Crippen molar-refractivity contribution in [3.8, 4) is 0 Å². The molecule has 0 saturated carbocycles. The van der Waals surface area contributed by atoms with Gasteiger partial charge in [0.1, 0.15) is 17.7 Å². The van der Waals surface area contributed by atoms with Crippen molar-refractivity contribution < 1.29 is 14.4 Å². The first kappa shape index (κ1) is 16.0. The molecule has 2 fully saturated rings. The van der Waals surface area contributed by atoms with Crippen molar-refractivity contribution in [2.45, 2.75) is 51.2 Å². The molecule has 0 aromatic carbocycles. The highest BCUT2D eigenvalue weighted by Gasteiger charge is 2.64. The number of anilines is 1. The van der Waals surface area contributed by atoms with E-state index in [2.05, 4.69) is 15.1 Å². The molecule has 2 aromatic rings. The van der Waals surface area contributed by atoms with E-state index in [1.165, 1.54) is 10.8 Å². The van der Waals surface area contributed by atoms with Gasteiger partial charge in [0.2, 0.25) is 5.89 Å². The number of H-pyrrole nitrogens is 1. The fraction of sp³-hybridized carbons (Fsp3) is 0.600. The molecule has 2 N–H and O–H groups in total. The Bertz CT molecular complexity index is 933. The second-order valence-electron chi connectivity index (χ2n) is 6.58. The predicted molar refractivity (Wildman–Crippen MR) is 85.4 cm³/mol. The average Bonchev–Trinajstić information content (AvgIpc) is 3.21. The van der Waals surface area contributed by atoms with Crippen LogP contribution in [0.5, 0.6) is 0 Å². The summed E-state index contributed by atoms with van der Waals surface area (Å²) in [6.45, 7) is 5.59. The van der Waals surface area contributed by atoms with Crippen molar-refractivity contribution in [3.63, 3.8) is 0 Å². The topological polar surface area (TPSA) is 126 Å². The maximum absolute atomic E-state index is 12.3. The zero-order chi connectivity index (χ0) is 17.9. The number of fused-ring (bicyclic) bond motifs is 2. The first-order chi connectivity index (χ1) is 11.9. The first-order valence-corrected chi connectivity index (χ1v) is 8.11. The monoisotopic (exact) mass is 349 g/mol. The lowest BCUT2D eigenvalue weighted by atomic mass is 9.96. The molecular weight excluding hydrogens is 330 g/mol. The van der Waals surface area contributed by atoms with Gasteiger partial charge in [-0.3, -0.25) is 14.3 Å². The van der Waals surface area contributed by atoms with Crippen LogP contribution in [0.1, 0.15) is 31.0 Å². The van der Waals surface area contributed by atoms with E-state index < -0.39 is 35.2 Å². The first-order valence-electron chi connectivity index (χ1n) is 8.11. The summed E-state index contributed by atoms with van der Waals surface area (Å²) in [6.07, 6.45) is 0.388. The molecule has 10 nitrogen and oxygen atoms in total. The molecule has 10 heteroatoms. The summed E-state index contributed by atoms with van der Waals surface area (Å²) in [5.41, 5.74) is -1.49. The number of hydrogen-bond donors (Lipinski definition) is 2. The number of aromatic nitrogens is 4. The molecule has 134 valence electrons. The number of aliphatic hydroxyl groups excluding tert-OH is 1. The van der Waals surface area contributed by atoms with Crippen LogP contribution in [0.4, 0.5) is 5.95 Å². The van der Waals surface area contributed by atoms with E-state index in [9.17, 15) is 14.7 Å². The molecule has 4 atom stereocenters. The molecule has 0 radical (unpaired) electrons. The molecule has 2 aliphatic heterocycles. The number of aryl methyl sites for hydroxylation is 2. The standard InChI is InChI=1S/C15H19N5O5/c1-4-15-6-20(13-16-8(3)25-18-13)9(10(15)21)12(24-15)19-5-7(2)11(22)17-14(19)23/h5,9-10,12,21H,4,6H2,1-3H3,(H,17,22,23)/t9-,10+,12-,15+/m1/s1. The largest absolute Gasteiger partial charge is 0.388 e. The number of morpholine rings is 1. The van der Waals surface area contributed by atoms with Gasteiger partial charge in [-0.1, -0.05) is 6.92 Å². The van der Waals surface area contributed by atoms with E-state index in [-0.39, 0.29) is 0 Å². The van der Waals surface area contributed by atoms with E-state index in [1.54, 1.807) is 18.7 Å². The number of nitrogens with one attached hydrogen (secondary N) is 1. The molecule has 0 amide bonds. The average molecular weight is 349 g/mol. The molecule has 0 aliphatic carbocycles. The molecule has 2 saturated heterocycles. The second kappa shape index (κ2) is 5.27. The van der Waals surface area contributed by atoms with Crippen LogP contribution in [0, 0.1) is 13.8 Å². The van der Waals surface area contributed by atoms with Gasteiger partial charge in [-0.15, -0.1) is 0 Å².